The average molecular weight is 401 g/mol. The van der Waals surface area contributed by atoms with Crippen molar-refractivity contribution in [1.29, 1.82) is 0 Å². The number of hydrogen-bond donors (Lipinski definition) is 1. The number of carbonyl (C=O) groups excluding carboxylic acids is 2. The molecule has 0 unspecified atom stereocenters. The van der Waals surface area contributed by atoms with Gasteiger partial charge in [0.25, 0.3) is 11.8 Å². The Kier molecular flexibility index (Phi) is 4.49. The fraction of sp³-hybridized carbons (Fsp3) is 0.200. The number of anilines is 1. The van der Waals surface area contributed by atoms with Crippen molar-refractivity contribution >= 4 is 34.8 Å². The number of rotatable bonds is 4. The van der Waals surface area contributed by atoms with E-state index in [9.17, 15) is 9.59 Å². The van der Waals surface area contributed by atoms with Crippen LogP contribution in [0.2, 0.25) is 5.02 Å². The van der Waals surface area contributed by atoms with Gasteiger partial charge in [-0.2, -0.15) is 0 Å². The number of nitrogens with one attached hydrogen (secondary N) is 1. The van der Waals surface area contributed by atoms with Gasteiger partial charge < -0.3 is 9.47 Å². The number of fused-ring (bicyclic) bond motifs is 1. The molecule has 4 rings (SSSR count). The van der Waals surface area contributed by atoms with Gasteiger partial charge >= 0.3 is 0 Å². The molecule has 0 radical (unpaired) electrons. The van der Waals surface area contributed by atoms with Gasteiger partial charge in [0.15, 0.2) is 17.6 Å². The summed E-state index contributed by atoms with van der Waals surface area (Å²) in [4.78, 5) is 32.6. The van der Waals surface area contributed by atoms with Gasteiger partial charge in [0, 0.05) is 10.6 Å². The average Bonchev–Trinajstić information content (AvgIpc) is 3.24. The molecular formula is C20H17ClN2O5. The van der Waals surface area contributed by atoms with Crippen LogP contribution in [0.15, 0.2) is 42.0 Å². The highest BCUT2D eigenvalue weighted by molar-refractivity contribution is 6.35. The van der Waals surface area contributed by atoms with Crippen molar-refractivity contribution < 1.29 is 23.9 Å². The van der Waals surface area contributed by atoms with Crippen LogP contribution in [0.1, 0.15) is 11.1 Å². The summed E-state index contributed by atoms with van der Waals surface area (Å²) < 4.78 is 10.6. The maximum Gasteiger partial charge on any atom is 0.270 e. The molecule has 0 saturated carbocycles. The van der Waals surface area contributed by atoms with Crippen LogP contribution in [-0.2, 0) is 14.4 Å². The summed E-state index contributed by atoms with van der Waals surface area (Å²) in [6, 6.07) is 10.3. The highest BCUT2D eigenvalue weighted by Gasteiger charge is 2.51. The third-order valence-electron chi connectivity index (χ3n) is 4.84. The maximum atomic E-state index is 13.2. The first-order valence-corrected chi connectivity index (χ1v) is 8.87. The molecule has 2 amide bonds. The molecule has 8 heteroatoms. The van der Waals surface area contributed by atoms with E-state index in [0.29, 0.717) is 39.0 Å². The molecule has 144 valence electrons. The van der Waals surface area contributed by atoms with E-state index in [4.69, 9.17) is 25.9 Å². The molecule has 2 aromatic carbocycles. The lowest BCUT2D eigenvalue weighted by molar-refractivity contribution is -0.127. The van der Waals surface area contributed by atoms with E-state index < -0.39 is 17.9 Å². The molecule has 0 spiro atoms. The fourth-order valence-corrected chi connectivity index (χ4v) is 3.54. The molecule has 28 heavy (non-hydrogen) atoms. The van der Waals surface area contributed by atoms with Crippen LogP contribution in [0.25, 0.3) is 5.70 Å². The SMILES string of the molecule is COc1ccc(C2=C3C(=O)N(c4cccc(Cl)c4C)C(=O)[C@@H]3ON2)cc1OC. The highest BCUT2D eigenvalue weighted by atomic mass is 35.5. The summed E-state index contributed by atoms with van der Waals surface area (Å²) in [6.45, 7) is 1.76. The van der Waals surface area contributed by atoms with Crippen molar-refractivity contribution in [3.8, 4) is 11.5 Å². The van der Waals surface area contributed by atoms with Crippen molar-refractivity contribution in [3.05, 3.63) is 58.1 Å². The molecule has 1 saturated heterocycles. The Hall–Kier alpha value is -3.03. The standard InChI is InChI=1S/C20H17ClN2O5/c1-10-12(21)5-4-6-13(10)23-19(24)16-17(22-28-18(16)20(23)25)11-7-8-14(26-2)15(9-11)27-3/h4-9,18,22H,1-3H3/t18-/m1/s1. The number of hydroxylamine groups is 1. The van der Waals surface area contributed by atoms with Crippen LogP contribution in [-0.4, -0.2) is 32.1 Å². The largest absolute Gasteiger partial charge is 0.493 e. The number of imide groups is 1. The van der Waals surface area contributed by atoms with Crippen molar-refractivity contribution in [3.63, 3.8) is 0 Å². The minimum absolute atomic E-state index is 0.247. The van der Waals surface area contributed by atoms with E-state index >= 15 is 0 Å². The lowest BCUT2D eigenvalue weighted by Crippen LogP contribution is -2.34. The number of hydrogen-bond acceptors (Lipinski definition) is 6. The van der Waals surface area contributed by atoms with E-state index in [0.717, 1.165) is 4.90 Å². The minimum atomic E-state index is -1.02. The van der Waals surface area contributed by atoms with Crippen LogP contribution in [0, 0.1) is 6.92 Å². The number of amides is 2. The van der Waals surface area contributed by atoms with Gasteiger partial charge in [0.1, 0.15) is 0 Å². The minimum Gasteiger partial charge on any atom is -0.493 e. The maximum absolute atomic E-state index is 13.2. The Labute approximate surface area is 166 Å². The quantitative estimate of drug-likeness (QED) is 0.795. The Morgan fingerprint density at radius 3 is 2.57 bits per heavy atom. The first-order valence-electron chi connectivity index (χ1n) is 8.49. The van der Waals surface area contributed by atoms with Crippen molar-refractivity contribution in [2.24, 2.45) is 0 Å². The molecule has 2 aromatic rings. The van der Waals surface area contributed by atoms with E-state index in [2.05, 4.69) is 5.48 Å². The zero-order valence-electron chi connectivity index (χ0n) is 15.4. The summed E-state index contributed by atoms with van der Waals surface area (Å²) in [5, 5.41) is 0.475. The Bertz CT molecular complexity index is 1030. The third kappa shape index (κ3) is 2.63. The Morgan fingerprint density at radius 1 is 1.11 bits per heavy atom. The topological polar surface area (TPSA) is 77.1 Å². The summed E-state index contributed by atoms with van der Waals surface area (Å²) >= 11 is 6.16. The smallest absolute Gasteiger partial charge is 0.270 e. The predicted molar refractivity (Wildman–Crippen MR) is 103 cm³/mol. The number of nitrogens with zero attached hydrogens (tertiary/aromatic N) is 1. The number of halogens is 1. The summed E-state index contributed by atoms with van der Waals surface area (Å²) in [6.07, 6.45) is -1.02. The molecule has 2 aliphatic rings. The van der Waals surface area contributed by atoms with Gasteiger partial charge in [-0.25, -0.2) is 4.90 Å². The van der Waals surface area contributed by atoms with Gasteiger partial charge in [-0.05, 0) is 42.8 Å². The molecule has 0 aliphatic carbocycles. The fourth-order valence-electron chi connectivity index (χ4n) is 3.37. The second-order valence-corrected chi connectivity index (χ2v) is 6.73. The van der Waals surface area contributed by atoms with Crippen LogP contribution in [0.5, 0.6) is 11.5 Å². The lowest BCUT2D eigenvalue weighted by atomic mass is 10.0. The second kappa shape index (κ2) is 6.85. The zero-order chi connectivity index (χ0) is 20.0. The molecule has 7 nitrogen and oxygen atoms in total. The van der Waals surface area contributed by atoms with Gasteiger partial charge in [-0.1, -0.05) is 17.7 Å². The van der Waals surface area contributed by atoms with Crippen molar-refractivity contribution in [2.75, 3.05) is 19.1 Å². The van der Waals surface area contributed by atoms with Crippen molar-refractivity contribution in [2.45, 2.75) is 13.0 Å². The molecule has 0 aromatic heterocycles. The molecule has 1 fully saturated rings. The predicted octanol–water partition coefficient (Wildman–Crippen LogP) is 2.85. The number of benzene rings is 2. The number of carbonyl (C=O) groups is 2. The van der Waals surface area contributed by atoms with Crippen LogP contribution in [0.4, 0.5) is 5.69 Å². The first kappa shape index (κ1) is 18.3. The Morgan fingerprint density at radius 2 is 1.86 bits per heavy atom. The first-order chi connectivity index (χ1) is 13.5. The van der Waals surface area contributed by atoms with Crippen LogP contribution >= 0.6 is 11.6 Å². The van der Waals surface area contributed by atoms with Crippen molar-refractivity contribution in [1.82, 2.24) is 5.48 Å². The van der Waals surface area contributed by atoms with E-state index in [1.807, 2.05) is 0 Å². The van der Waals surface area contributed by atoms with Gasteiger partial charge in [0.05, 0.1) is 31.2 Å². The van der Waals surface area contributed by atoms with Gasteiger partial charge in [0.2, 0.25) is 0 Å². The third-order valence-corrected chi connectivity index (χ3v) is 5.25. The normalized spacial score (nSPS) is 18.4. The second-order valence-electron chi connectivity index (χ2n) is 6.32. The molecule has 1 N–H and O–H groups in total. The van der Waals surface area contributed by atoms with Crippen LogP contribution in [0.3, 0.4) is 0 Å². The summed E-state index contributed by atoms with van der Waals surface area (Å²) in [5.41, 5.74) is 5.11. The monoisotopic (exact) mass is 400 g/mol. The number of methoxy groups -OCH3 is 2. The van der Waals surface area contributed by atoms with Crippen LogP contribution < -0.4 is 19.9 Å². The van der Waals surface area contributed by atoms with E-state index in [1.54, 1.807) is 43.3 Å². The lowest BCUT2D eigenvalue weighted by Gasteiger charge is -2.18. The van der Waals surface area contributed by atoms with Gasteiger partial charge in [-0.15, -0.1) is 0 Å². The highest BCUT2D eigenvalue weighted by Crippen LogP contribution is 2.39. The summed E-state index contributed by atoms with van der Waals surface area (Å²) in [7, 11) is 3.06. The summed E-state index contributed by atoms with van der Waals surface area (Å²) in [5.74, 6) is 0.137. The zero-order valence-corrected chi connectivity index (χ0v) is 16.2. The van der Waals surface area contributed by atoms with Gasteiger partial charge in [-0.3, -0.25) is 19.9 Å². The molecule has 1 atom stereocenters. The molecule has 2 aliphatic heterocycles. The van der Waals surface area contributed by atoms with E-state index in [-0.39, 0.29) is 5.57 Å². The molecular weight excluding hydrogens is 384 g/mol. The Balaban J connectivity index is 1.81. The molecule has 0 bridgehead atoms. The van der Waals surface area contributed by atoms with E-state index in [1.165, 1.54) is 14.2 Å². The number of ether oxygens (including phenoxy) is 2. The molecule has 2 heterocycles.